The first-order valence-corrected chi connectivity index (χ1v) is 18.6. The molecule has 218 valence electrons. The molecule has 5 rings (SSSR count). The Morgan fingerprint density at radius 3 is 2.50 bits per heavy atom. The molecule has 1 saturated carbocycles. The van der Waals surface area contributed by atoms with Crippen LogP contribution >= 0.6 is 11.3 Å². The number of pyridine rings is 2. The van der Waals surface area contributed by atoms with Gasteiger partial charge in [-0.1, -0.05) is 43.8 Å². The van der Waals surface area contributed by atoms with Gasteiger partial charge >= 0.3 is 6.18 Å². The highest BCUT2D eigenvalue weighted by molar-refractivity contribution is 7.15. The molecule has 4 heterocycles. The van der Waals surface area contributed by atoms with E-state index < -0.39 is 20.8 Å². The number of halogens is 3. The highest BCUT2D eigenvalue weighted by Gasteiger charge is 2.32. The summed E-state index contributed by atoms with van der Waals surface area (Å²) in [6.07, 6.45) is 2.40. The third-order valence-corrected chi connectivity index (χ3v) is 10.3. The lowest BCUT2D eigenvalue weighted by atomic mass is 10.1. The van der Waals surface area contributed by atoms with Crippen molar-refractivity contribution < 1.29 is 17.9 Å². The van der Waals surface area contributed by atoms with Crippen LogP contribution in [0, 0.1) is 0 Å². The minimum Gasteiger partial charge on any atom is -0.368 e. The summed E-state index contributed by atoms with van der Waals surface area (Å²) in [7, 11) is -1.23. The first kappa shape index (κ1) is 29.1. The molecule has 0 amide bonds. The number of ether oxygens (including phenoxy) is 1. The van der Waals surface area contributed by atoms with Crippen molar-refractivity contribution in [3.63, 3.8) is 0 Å². The molecule has 2 fully saturated rings. The largest absolute Gasteiger partial charge is 0.401 e. The Balaban J connectivity index is 1.35. The highest BCUT2D eigenvalue weighted by atomic mass is 32.1. The lowest BCUT2D eigenvalue weighted by Gasteiger charge is -2.36. The molecule has 2 aliphatic rings. The molecule has 0 N–H and O–H groups in total. The normalized spacial score (nSPS) is 17.7. The van der Waals surface area contributed by atoms with Gasteiger partial charge < -0.3 is 9.64 Å². The van der Waals surface area contributed by atoms with Gasteiger partial charge in [-0.15, -0.1) is 10.2 Å². The van der Waals surface area contributed by atoms with E-state index in [9.17, 15) is 13.2 Å². The molecule has 0 unspecified atom stereocenters. The number of alkyl halides is 3. The molecule has 3 aromatic heterocycles. The number of piperazine rings is 1. The summed E-state index contributed by atoms with van der Waals surface area (Å²) < 4.78 is 44.5. The Kier molecular flexibility index (Phi) is 8.93. The van der Waals surface area contributed by atoms with Crippen molar-refractivity contribution >= 4 is 47.1 Å². The topological polar surface area (TPSA) is 70.5 Å². The van der Waals surface area contributed by atoms with Gasteiger partial charge in [0.25, 0.3) is 0 Å². The van der Waals surface area contributed by atoms with Crippen LogP contribution in [0.4, 0.5) is 29.8 Å². The fourth-order valence-electron chi connectivity index (χ4n) is 5.15. The van der Waals surface area contributed by atoms with E-state index in [-0.39, 0.29) is 0 Å². The lowest BCUT2D eigenvalue weighted by molar-refractivity contribution is -0.146. The average Bonchev–Trinajstić information content (AvgIpc) is 3.60. The molecule has 13 heteroatoms. The molecule has 40 heavy (non-hydrogen) atoms. The molecule has 0 radical (unpaired) electrons. The maximum Gasteiger partial charge on any atom is 0.401 e. The summed E-state index contributed by atoms with van der Waals surface area (Å²) in [5.41, 5.74) is 2.34. The summed E-state index contributed by atoms with van der Waals surface area (Å²) >= 11 is 1.62. The first-order chi connectivity index (χ1) is 19.0. The molecule has 0 bridgehead atoms. The van der Waals surface area contributed by atoms with Crippen molar-refractivity contribution in [3.05, 3.63) is 29.4 Å². The van der Waals surface area contributed by atoms with Crippen LogP contribution in [0.15, 0.2) is 24.4 Å². The van der Waals surface area contributed by atoms with E-state index >= 15 is 0 Å². The number of aromatic nitrogens is 4. The number of nitrogens with zero attached hydrogens (tertiary/aromatic N) is 7. The minimum absolute atomic E-state index is 0.330. The first-order valence-electron chi connectivity index (χ1n) is 14.0. The summed E-state index contributed by atoms with van der Waals surface area (Å²) in [6, 6.07) is 6.92. The van der Waals surface area contributed by atoms with Crippen LogP contribution < -0.4 is 9.80 Å². The van der Waals surface area contributed by atoms with Crippen molar-refractivity contribution in [1.29, 1.82) is 0 Å². The van der Waals surface area contributed by atoms with Crippen LogP contribution in [0.5, 0.6) is 0 Å². The Hall–Kier alpha value is -2.35. The second kappa shape index (κ2) is 12.3. The zero-order valence-corrected chi connectivity index (χ0v) is 25.3. The second-order valence-electron chi connectivity index (χ2n) is 12.0. The molecule has 3 aromatic rings. The van der Waals surface area contributed by atoms with Crippen molar-refractivity contribution in [1.82, 2.24) is 25.1 Å². The number of hydrogen-bond donors (Lipinski definition) is 0. The van der Waals surface area contributed by atoms with E-state index in [4.69, 9.17) is 9.72 Å². The van der Waals surface area contributed by atoms with Crippen LogP contribution in [-0.4, -0.2) is 85.4 Å². The SMILES string of the molecule is C[Si](C)(C)CCOCN(c1ccc2ncc(N3CCN(CC(F)(F)F)CC3)cc2n1)c1nnc(C2CCCC2)s1. The Morgan fingerprint density at radius 1 is 1.05 bits per heavy atom. The van der Waals surface area contributed by atoms with Crippen molar-refractivity contribution in [2.45, 2.75) is 63.5 Å². The number of anilines is 3. The van der Waals surface area contributed by atoms with Crippen molar-refractivity contribution in [2.24, 2.45) is 0 Å². The van der Waals surface area contributed by atoms with Crippen LogP contribution in [0.25, 0.3) is 11.0 Å². The van der Waals surface area contributed by atoms with Crippen LogP contribution in [0.2, 0.25) is 25.7 Å². The molecule has 1 aliphatic heterocycles. The van der Waals surface area contributed by atoms with Gasteiger partial charge in [-0.3, -0.25) is 14.8 Å². The molecule has 1 aliphatic carbocycles. The summed E-state index contributed by atoms with van der Waals surface area (Å²) in [4.78, 5) is 15.1. The Bertz CT molecular complexity index is 1270. The lowest BCUT2D eigenvalue weighted by Crippen LogP contribution is -2.49. The average molecular weight is 594 g/mol. The number of rotatable bonds is 10. The Morgan fingerprint density at radius 2 is 1.80 bits per heavy atom. The minimum atomic E-state index is -4.18. The van der Waals surface area contributed by atoms with Gasteiger partial charge in [0.05, 0.1) is 29.5 Å². The predicted octanol–water partition coefficient (Wildman–Crippen LogP) is 6.27. The third kappa shape index (κ3) is 7.68. The smallest absolute Gasteiger partial charge is 0.368 e. The summed E-state index contributed by atoms with van der Waals surface area (Å²) in [5, 5.41) is 10.9. The van der Waals surface area contributed by atoms with Crippen LogP contribution in [-0.2, 0) is 4.74 Å². The standard InChI is InChI=1S/C27H38F3N7OSSi/c1-40(2,3)15-14-38-19-37(26-34-33-25(39-26)20-6-4-5-7-20)24-9-8-22-23(32-24)16-21(17-31-22)36-12-10-35(11-13-36)18-27(28,29)30/h8-9,16-17,20H,4-7,10-15,18-19H2,1-3H3. The van der Waals surface area contributed by atoms with Crippen molar-refractivity contribution in [3.8, 4) is 0 Å². The molecule has 1 saturated heterocycles. The van der Waals surface area contributed by atoms with Crippen LogP contribution in [0.3, 0.4) is 0 Å². The zero-order valence-electron chi connectivity index (χ0n) is 23.5. The van der Waals surface area contributed by atoms with E-state index in [1.807, 2.05) is 23.1 Å². The maximum absolute atomic E-state index is 12.8. The molecular weight excluding hydrogens is 555 g/mol. The Labute approximate surface area is 238 Å². The van der Waals surface area contributed by atoms with E-state index in [1.54, 1.807) is 17.5 Å². The summed E-state index contributed by atoms with van der Waals surface area (Å²) in [6.45, 7) is 8.86. The van der Waals surface area contributed by atoms with Gasteiger partial charge in [-0.25, -0.2) is 4.98 Å². The van der Waals surface area contributed by atoms with Gasteiger partial charge in [0.2, 0.25) is 5.13 Å². The molecular formula is C27H38F3N7OSSi. The zero-order chi connectivity index (χ0) is 28.3. The van der Waals surface area contributed by atoms with E-state index in [1.165, 1.54) is 17.7 Å². The second-order valence-corrected chi connectivity index (χ2v) is 18.6. The quantitative estimate of drug-likeness (QED) is 0.155. The highest BCUT2D eigenvalue weighted by Crippen LogP contribution is 2.38. The third-order valence-electron chi connectivity index (χ3n) is 7.51. The van der Waals surface area contributed by atoms with E-state index in [0.717, 1.165) is 45.7 Å². The fourth-order valence-corrected chi connectivity index (χ4v) is 6.92. The van der Waals surface area contributed by atoms with Gasteiger partial charge in [0.15, 0.2) is 0 Å². The van der Waals surface area contributed by atoms with E-state index in [2.05, 4.69) is 39.7 Å². The van der Waals surface area contributed by atoms with Gasteiger partial charge in [0, 0.05) is 46.8 Å². The van der Waals surface area contributed by atoms with E-state index in [0.29, 0.717) is 51.3 Å². The molecule has 0 spiro atoms. The molecule has 0 atom stereocenters. The predicted molar refractivity (Wildman–Crippen MR) is 156 cm³/mol. The van der Waals surface area contributed by atoms with Crippen molar-refractivity contribution in [2.75, 3.05) is 55.9 Å². The number of fused-ring (bicyclic) bond motifs is 1. The van der Waals surface area contributed by atoms with Gasteiger partial charge in [-0.2, -0.15) is 13.2 Å². The maximum atomic E-state index is 12.8. The summed E-state index contributed by atoms with van der Waals surface area (Å²) in [5.74, 6) is 1.19. The number of hydrogen-bond acceptors (Lipinski definition) is 9. The monoisotopic (exact) mass is 593 g/mol. The van der Waals surface area contributed by atoms with Gasteiger partial charge in [0.1, 0.15) is 17.6 Å². The fraction of sp³-hybridized carbons (Fsp3) is 0.630. The van der Waals surface area contributed by atoms with Crippen LogP contribution in [0.1, 0.15) is 36.6 Å². The van der Waals surface area contributed by atoms with Gasteiger partial charge in [-0.05, 0) is 37.1 Å². The molecule has 8 nitrogen and oxygen atoms in total. The molecule has 0 aromatic carbocycles.